The van der Waals surface area contributed by atoms with Crippen LogP contribution in [0.4, 0.5) is 0 Å². The Morgan fingerprint density at radius 2 is 0.950 bits per heavy atom. The van der Waals surface area contributed by atoms with Crippen LogP contribution in [0.25, 0.3) is 0 Å². The van der Waals surface area contributed by atoms with E-state index < -0.39 is 25.7 Å². The molecule has 110 valence electrons. The van der Waals surface area contributed by atoms with Crippen LogP contribution in [0.15, 0.2) is 36.5 Å². The van der Waals surface area contributed by atoms with Crippen molar-refractivity contribution in [3.8, 4) is 0 Å². The zero-order chi connectivity index (χ0) is 15.6. The molecule has 0 aromatic carbocycles. The molecule has 0 radical (unpaired) electrons. The maximum absolute atomic E-state index is 12.0. The van der Waals surface area contributed by atoms with Crippen LogP contribution in [-0.4, -0.2) is 17.9 Å². The zero-order valence-electron chi connectivity index (χ0n) is 11.3. The Balaban J connectivity index is 5.11. The summed E-state index contributed by atoms with van der Waals surface area (Å²) in [6.45, 7) is 4.55. The molecule has 0 saturated heterocycles. The molecule has 0 aromatic heterocycles. The van der Waals surface area contributed by atoms with Gasteiger partial charge in [0, 0.05) is 18.2 Å². The number of phosphoric ester groups is 1. The van der Waals surface area contributed by atoms with E-state index in [-0.39, 0.29) is 0 Å². The van der Waals surface area contributed by atoms with Crippen LogP contribution < -0.4 is 0 Å². The number of carbonyl (C=O) groups is 3. The predicted octanol–water partition coefficient (Wildman–Crippen LogP) is 2.45. The molecule has 0 N–H and O–H groups in total. The Hall–Kier alpha value is -2.14. The molecule has 7 nitrogen and oxygen atoms in total. The van der Waals surface area contributed by atoms with E-state index in [0.29, 0.717) is 0 Å². The smallest absolute Gasteiger partial charge is 0.348 e. The lowest BCUT2D eigenvalue weighted by molar-refractivity contribution is -0.138. The van der Waals surface area contributed by atoms with Gasteiger partial charge in [-0.25, -0.2) is 14.4 Å². The third-order valence-electron chi connectivity index (χ3n) is 1.51. The van der Waals surface area contributed by atoms with Crippen LogP contribution in [0, 0.1) is 0 Å². The highest BCUT2D eigenvalue weighted by atomic mass is 31.2. The summed E-state index contributed by atoms with van der Waals surface area (Å²) in [4.78, 5) is 33.7. The molecule has 0 amide bonds. The molecular weight excluding hydrogens is 287 g/mol. The van der Waals surface area contributed by atoms with E-state index in [9.17, 15) is 18.9 Å². The van der Waals surface area contributed by atoms with E-state index in [4.69, 9.17) is 0 Å². The second-order valence-corrected chi connectivity index (χ2v) is 4.62. The third kappa shape index (κ3) is 7.33. The van der Waals surface area contributed by atoms with Gasteiger partial charge in [0.2, 0.25) is 0 Å². The Bertz CT molecular complexity index is 431. The first-order valence-electron chi connectivity index (χ1n) is 5.55. The summed E-state index contributed by atoms with van der Waals surface area (Å²) in [6, 6.07) is 0. The minimum Gasteiger partial charge on any atom is -0.348 e. The summed E-state index contributed by atoms with van der Waals surface area (Å²) < 4.78 is 25.2. The van der Waals surface area contributed by atoms with Gasteiger partial charge in [-0.15, -0.1) is 0 Å². The van der Waals surface area contributed by atoms with Gasteiger partial charge >= 0.3 is 25.7 Å². The van der Waals surface area contributed by atoms with Gasteiger partial charge in [0.1, 0.15) is 0 Å². The highest BCUT2D eigenvalue weighted by Crippen LogP contribution is 2.50. The second-order valence-electron chi connectivity index (χ2n) is 3.18. The lowest BCUT2D eigenvalue weighted by Gasteiger charge is -2.13. The van der Waals surface area contributed by atoms with E-state index in [0.717, 1.165) is 18.2 Å². The molecule has 0 atom stereocenters. The number of carbonyl (C=O) groups excluding carboxylic acids is 3. The number of phosphoric acid groups is 1. The molecule has 20 heavy (non-hydrogen) atoms. The normalized spacial score (nSPS) is 11.9. The number of hydrogen-bond donors (Lipinski definition) is 0. The lowest BCUT2D eigenvalue weighted by Crippen LogP contribution is -2.11. The number of hydrogen-bond acceptors (Lipinski definition) is 7. The van der Waals surface area contributed by atoms with E-state index in [1.807, 2.05) is 0 Å². The van der Waals surface area contributed by atoms with Gasteiger partial charge in [0.15, 0.2) is 0 Å². The molecule has 0 unspecified atom stereocenters. The van der Waals surface area contributed by atoms with Crippen LogP contribution in [0.2, 0.25) is 0 Å². The zero-order valence-corrected chi connectivity index (χ0v) is 12.2. The first kappa shape index (κ1) is 17.9. The van der Waals surface area contributed by atoms with Crippen LogP contribution in [0.1, 0.15) is 20.8 Å². The van der Waals surface area contributed by atoms with Crippen molar-refractivity contribution in [3.05, 3.63) is 36.5 Å². The third-order valence-corrected chi connectivity index (χ3v) is 2.72. The molecule has 0 rings (SSSR count). The van der Waals surface area contributed by atoms with E-state index in [1.165, 1.54) is 39.0 Å². The van der Waals surface area contributed by atoms with Gasteiger partial charge < -0.3 is 13.6 Å². The first-order chi connectivity index (χ1) is 9.36. The average molecular weight is 302 g/mol. The Kier molecular flexibility index (Phi) is 7.93. The maximum Gasteiger partial charge on any atom is 0.654 e. The molecule has 0 heterocycles. The average Bonchev–Trinajstić information content (AvgIpc) is 2.28. The van der Waals surface area contributed by atoms with Crippen molar-refractivity contribution >= 4 is 25.7 Å². The van der Waals surface area contributed by atoms with Gasteiger partial charge in [-0.1, -0.05) is 18.2 Å². The van der Waals surface area contributed by atoms with Crippen LogP contribution >= 0.6 is 7.82 Å². The second kappa shape index (κ2) is 8.87. The highest BCUT2D eigenvalue weighted by molar-refractivity contribution is 7.50. The van der Waals surface area contributed by atoms with Crippen LogP contribution in [0.3, 0.4) is 0 Å². The quantitative estimate of drug-likeness (QED) is 0.549. The minimum absolute atomic E-state index is 0.930. The molecule has 0 fully saturated rings. The fourth-order valence-corrected chi connectivity index (χ4v) is 1.84. The molecular formula is C12H15O7P. The van der Waals surface area contributed by atoms with Crippen molar-refractivity contribution in [1.82, 2.24) is 0 Å². The largest absolute Gasteiger partial charge is 0.654 e. The summed E-state index contributed by atoms with van der Waals surface area (Å²) in [7, 11) is -4.68. The van der Waals surface area contributed by atoms with Gasteiger partial charge in [-0.2, -0.15) is 4.57 Å². The Morgan fingerprint density at radius 3 is 1.15 bits per heavy atom. The van der Waals surface area contributed by atoms with Crippen LogP contribution in [0.5, 0.6) is 0 Å². The monoisotopic (exact) mass is 302 g/mol. The van der Waals surface area contributed by atoms with Crippen molar-refractivity contribution in [2.45, 2.75) is 20.8 Å². The van der Waals surface area contributed by atoms with E-state index in [2.05, 4.69) is 13.6 Å². The minimum atomic E-state index is -4.68. The molecule has 0 aliphatic rings. The molecule has 0 spiro atoms. The lowest BCUT2D eigenvalue weighted by atomic mass is 10.5. The summed E-state index contributed by atoms with van der Waals surface area (Å²) in [5.74, 6) is -3.22. The molecule has 0 aromatic rings. The van der Waals surface area contributed by atoms with Gasteiger partial charge in [0.05, 0.1) is 0 Å². The molecule has 8 heteroatoms. The predicted molar refractivity (Wildman–Crippen MR) is 70.3 cm³/mol. The number of allylic oxidation sites excluding steroid dienone is 3. The fraction of sp³-hybridized carbons (Fsp3) is 0.250. The standard InChI is InChI=1S/C12H15O7P/c1-4-7-10(13)17-20(16,18-11(14)8-5-2)19-12(15)9-6-3/h4-9H,1-3H3/b7-4+,8-5+,9-6+. The van der Waals surface area contributed by atoms with E-state index in [1.54, 1.807) is 0 Å². The van der Waals surface area contributed by atoms with Crippen molar-refractivity contribution in [2.24, 2.45) is 0 Å². The summed E-state index contributed by atoms with van der Waals surface area (Å²) in [5, 5.41) is 0. The Morgan fingerprint density at radius 1 is 0.700 bits per heavy atom. The molecule has 0 saturated carbocycles. The van der Waals surface area contributed by atoms with E-state index >= 15 is 0 Å². The fourth-order valence-electron chi connectivity index (χ4n) is 0.886. The molecule has 0 bridgehead atoms. The molecule has 0 aliphatic carbocycles. The summed E-state index contributed by atoms with van der Waals surface area (Å²) in [5.41, 5.74) is 0. The van der Waals surface area contributed by atoms with Crippen molar-refractivity contribution in [2.75, 3.05) is 0 Å². The van der Waals surface area contributed by atoms with Crippen molar-refractivity contribution in [1.29, 1.82) is 0 Å². The van der Waals surface area contributed by atoms with Gasteiger partial charge in [0.25, 0.3) is 0 Å². The summed E-state index contributed by atoms with van der Waals surface area (Å²) in [6.07, 6.45) is 6.73. The Labute approximate surface area is 116 Å². The SMILES string of the molecule is C/C=C/C(=O)OP(=O)(OC(=O)/C=C/C)OC(=O)/C=C/C. The van der Waals surface area contributed by atoms with Crippen molar-refractivity contribution in [3.63, 3.8) is 0 Å². The summed E-state index contributed by atoms with van der Waals surface area (Å²) >= 11 is 0. The molecule has 0 aliphatic heterocycles. The van der Waals surface area contributed by atoms with Crippen LogP contribution in [-0.2, 0) is 32.5 Å². The highest BCUT2D eigenvalue weighted by Gasteiger charge is 2.37. The van der Waals surface area contributed by atoms with Gasteiger partial charge in [-0.05, 0) is 20.8 Å². The maximum atomic E-state index is 12.0. The number of rotatable bonds is 6. The first-order valence-corrected chi connectivity index (χ1v) is 7.01. The topological polar surface area (TPSA) is 96.0 Å². The van der Waals surface area contributed by atoms with Gasteiger partial charge in [-0.3, -0.25) is 0 Å². The van der Waals surface area contributed by atoms with Crippen molar-refractivity contribution < 1.29 is 32.5 Å².